The number of rotatable bonds is 3. The van der Waals surface area contributed by atoms with Gasteiger partial charge < -0.3 is 4.42 Å². The van der Waals surface area contributed by atoms with Crippen LogP contribution in [0, 0.1) is 13.8 Å². The van der Waals surface area contributed by atoms with Crippen molar-refractivity contribution in [3.05, 3.63) is 90.7 Å². The highest BCUT2D eigenvalue weighted by Gasteiger charge is 2.45. The fourth-order valence-electron chi connectivity index (χ4n) is 4.08. The van der Waals surface area contributed by atoms with E-state index in [-0.39, 0.29) is 17.1 Å². The van der Waals surface area contributed by atoms with Gasteiger partial charge in [0.2, 0.25) is 5.76 Å². The van der Waals surface area contributed by atoms with Crippen LogP contribution in [-0.2, 0) is 0 Å². The number of aryl methyl sites for hydroxylation is 2. The summed E-state index contributed by atoms with van der Waals surface area (Å²) in [5.41, 5.74) is 3.30. The molecule has 0 saturated heterocycles. The van der Waals surface area contributed by atoms with E-state index in [9.17, 15) is 9.59 Å². The van der Waals surface area contributed by atoms with Crippen LogP contribution in [0.15, 0.2) is 51.7 Å². The molecule has 7 heteroatoms. The molecule has 0 radical (unpaired) electrons. The van der Waals surface area contributed by atoms with Crippen molar-refractivity contribution >= 4 is 44.9 Å². The maximum Gasteiger partial charge on any atom is 0.297 e. The number of thiazole rings is 1. The largest absolute Gasteiger partial charge is 0.450 e. The zero-order valence-corrected chi connectivity index (χ0v) is 19.7. The van der Waals surface area contributed by atoms with E-state index in [1.807, 2.05) is 38.1 Å². The number of carbonyl (C=O) groups is 1. The number of carbonyl (C=O) groups excluding carboxylic acids is 1. The molecule has 0 bridgehead atoms. The van der Waals surface area contributed by atoms with Crippen molar-refractivity contribution in [2.45, 2.75) is 39.7 Å². The normalized spacial score (nSPS) is 15.8. The van der Waals surface area contributed by atoms with E-state index in [0.717, 1.165) is 16.1 Å². The van der Waals surface area contributed by atoms with Crippen molar-refractivity contribution in [3.63, 3.8) is 0 Å². The monoisotopic (exact) mass is 464 g/mol. The minimum absolute atomic E-state index is 0.0632. The van der Waals surface area contributed by atoms with Crippen molar-refractivity contribution in [1.29, 1.82) is 0 Å². The number of halogens is 1. The third-order valence-electron chi connectivity index (χ3n) is 5.97. The number of hydrogen-bond donors (Lipinski definition) is 0. The van der Waals surface area contributed by atoms with Crippen molar-refractivity contribution in [3.8, 4) is 0 Å². The van der Waals surface area contributed by atoms with Crippen LogP contribution in [0.25, 0.3) is 11.0 Å². The Bertz CT molecular complexity index is 1420. The number of amides is 1. The van der Waals surface area contributed by atoms with Gasteiger partial charge in [-0.2, -0.15) is 0 Å². The molecular formula is C25H21ClN2O3S. The third-order valence-corrected chi connectivity index (χ3v) is 7.28. The SMILES string of the molecule is Cc1nc(N2C(=O)c3oc4ccc(Cl)cc4c(=O)c3[C@@H]2c2ccc(C(C)C)cc2)sc1C. The van der Waals surface area contributed by atoms with E-state index in [1.165, 1.54) is 16.9 Å². The van der Waals surface area contributed by atoms with Gasteiger partial charge in [-0.1, -0.05) is 49.7 Å². The van der Waals surface area contributed by atoms with E-state index in [1.54, 1.807) is 23.1 Å². The molecule has 1 aliphatic heterocycles. The van der Waals surface area contributed by atoms with Crippen molar-refractivity contribution in [2.24, 2.45) is 0 Å². The summed E-state index contributed by atoms with van der Waals surface area (Å²) in [6, 6.07) is 12.3. The van der Waals surface area contributed by atoms with Crippen molar-refractivity contribution < 1.29 is 9.21 Å². The van der Waals surface area contributed by atoms with Crippen LogP contribution in [0.5, 0.6) is 0 Å². The average Bonchev–Trinajstić information content (AvgIpc) is 3.25. The number of benzene rings is 2. The highest BCUT2D eigenvalue weighted by atomic mass is 35.5. The second kappa shape index (κ2) is 7.57. The van der Waals surface area contributed by atoms with E-state index < -0.39 is 6.04 Å². The van der Waals surface area contributed by atoms with Gasteiger partial charge in [0.25, 0.3) is 5.91 Å². The van der Waals surface area contributed by atoms with Gasteiger partial charge in [0.1, 0.15) is 5.58 Å². The predicted molar refractivity (Wildman–Crippen MR) is 128 cm³/mol. The highest BCUT2D eigenvalue weighted by molar-refractivity contribution is 7.15. The first-order chi connectivity index (χ1) is 15.3. The third kappa shape index (κ3) is 3.17. The Morgan fingerprint density at radius 2 is 1.81 bits per heavy atom. The predicted octanol–water partition coefficient (Wildman–Crippen LogP) is 6.39. The Morgan fingerprint density at radius 1 is 1.09 bits per heavy atom. The molecule has 0 unspecified atom stereocenters. The molecule has 2 aromatic carbocycles. The molecule has 1 amide bonds. The topological polar surface area (TPSA) is 63.4 Å². The second-order valence-corrected chi connectivity index (χ2v) is 9.97. The summed E-state index contributed by atoms with van der Waals surface area (Å²) in [4.78, 5) is 34.4. The molecule has 5 rings (SSSR count). The van der Waals surface area contributed by atoms with Gasteiger partial charge in [0.05, 0.1) is 22.7 Å². The minimum Gasteiger partial charge on any atom is -0.450 e. The molecule has 2 aromatic heterocycles. The lowest BCUT2D eigenvalue weighted by Crippen LogP contribution is -2.29. The van der Waals surface area contributed by atoms with Gasteiger partial charge in [0.15, 0.2) is 10.6 Å². The van der Waals surface area contributed by atoms with Crippen LogP contribution >= 0.6 is 22.9 Å². The average molecular weight is 465 g/mol. The Balaban J connectivity index is 1.79. The van der Waals surface area contributed by atoms with Crippen LogP contribution in [-0.4, -0.2) is 10.9 Å². The van der Waals surface area contributed by atoms with Crippen LogP contribution in [0.1, 0.15) is 63.6 Å². The van der Waals surface area contributed by atoms with E-state index in [0.29, 0.717) is 32.6 Å². The van der Waals surface area contributed by atoms with Gasteiger partial charge in [-0.25, -0.2) is 4.98 Å². The smallest absolute Gasteiger partial charge is 0.297 e. The molecule has 3 heterocycles. The van der Waals surface area contributed by atoms with Gasteiger partial charge in [0, 0.05) is 9.90 Å². The number of fused-ring (bicyclic) bond motifs is 2. The summed E-state index contributed by atoms with van der Waals surface area (Å²) in [5.74, 6) is 0.0759. The van der Waals surface area contributed by atoms with Gasteiger partial charge in [-0.15, -0.1) is 11.3 Å². The first-order valence-corrected chi connectivity index (χ1v) is 11.6. The molecule has 0 aliphatic carbocycles. The summed E-state index contributed by atoms with van der Waals surface area (Å²) in [7, 11) is 0. The number of nitrogens with zero attached hydrogens (tertiary/aromatic N) is 2. The molecule has 0 spiro atoms. The Kier molecular flexibility index (Phi) is 4.95. The lowest BCUT2D eigenvalue weighted by Gasteiger charge is -2.23. The first kappa shape index (κ1) is 20.9. The Morgan fingerprint density at radius 3 is 2.44 bits per heavy atom. The molecule has 162 valence electrons. The molecule has 0 N–H and O–H groups in total. The van der Waals surface area contributed by atoms with Gasteiger partial charge >= 0.3 is 0 Å². The van der Waals surface area contributed by atoms with E-state index in [2.05, 4.69) is 18.8 Å². The molecule has 0 saturated carbocycles. The number of hydrogen-bond acceptors (Lipinski definition) is 5. The maximum atomic E-state index is 13.6. The maximum absolute atomic E-state index is 13.6. The molecule has 0 fully saturated rings. The van der Waals surface area contributed by atoms with Crippen LogP contribution < -0.4 is 10.3 Å². The summed E-state index contributed by atoms with van der Waals surface area (Å²) >= 11 is 7.58. The Hall–Kier alpha value is -2.96. The molecule has 5 nitrogen and oxygen atoms in total. The standard InChI is InChI=1S/C25H21ClN2O3S/c1-12(2)15-5-7-16(8-6-15)21-20-22(29)18-11-17(26)9-10-19(18)31-23(20)24(30)28(21)25-27-13(3)14(4)32-25/h5-12,21H,1-4H3/t21-/m0/s1. The lowest BCUT2D eigenvalue weighted by atomic mass is 9.95. The molecule has 4 aromatic rings. The molecular weight excluding hydrogens is 444 g/mol. The van der Waals surface area contributed by atoms with E-state index >= 15 is 0 Å². The molecule has 1 atom stereocenters. The lowest BCUT2D eigenvalue weighted by molar-refractivity contribution is 0.0971. The van der Waals surface area contributed by atoms with Crippen LogP contribution in [0.3, 0.4) is 0 Å². The van der Waals surface area contributed by atoms with Crippen molar-refractivity contribution in [1.82, 2.24) is 4.98 Å². The fraction of sp³-hybridized carbons (Fsp3) is 0.240. The summed E-state index contributed by atoms with van der Waals surface area (Å²) in [6.45, 7) is 8.13. The zero-order valence-electron chi connectivity index (χ0n) is 18.1. The Labute approximate surface area is 194 Å². The minimum atomic E-state index is -0.622. The molecule has 1 aliphatic rings. The number of anilines is 1. The van der Waals surface area contributed by atoms with Crippen molar-refractivity contribution in [2.75, 3.05) is 4.90 Å². The quantitative estimate of drug-likeness (QED) is 0.352. The summed E-state index contributed by atoms with van der Waals surface area (Å²) in [6.07, 6.45) is 0. The van der Waals surface area contributed by atoms with Gasteiger partial charge in [-0.05, 0) is 49.1 Å². The van der Waals surface area contributed by atoms with Gasteiger partial charge in [-0.3, -0.25) is 14.5 Å². The summed E-state index contributed by atoms with van der Waals surface area (Å²) < 4.78 is 5.98. The highest BCUT2D eigenvalue weighted by Crippen LogP contribution is 2.43. The van der Waals surface area contributed by atoms with Crippen LogP contribution in [0.2, 0.25) is 5.02 Å². The summed E-state index contributed by atoms with van der Waals surface area (Å²) in [5, 5.41) is 1.35. The van der Waals surface area contributed by atoms with Crippen LogP contribution in [0.4, 0.5) is 5.13 Å². The van der Waals surface area contributed by atoms with E-state index in [4.69, 9.17) is 16.0 Å². The second-order valence-electron chi connectivity index (χ2n) is 8.35. The first-order valence-electron chi connectivity index (χ1n) is 10.4. The number of aromatic nitrogens is 1. The fourth-order valence-corrected chi connectivity index (χ4v) is 5.19. The molecule has 32 heavy (non-hydrogen) atoms. The zero-order chi connectivity index (χ0) is 22.7.